The van der Waals surface area contributed by atoms with Crippen molar-refractivity contribution in [2.45, 2.75) is 6.92 Å². The fourth-order valence-electron chi connectivity index (χ4n) is 3.19. The molecule has 1 N–H and O–H groups in total. The van der Waals surface area contributed by atoms with Gasteiger partial charge in [0, 0.05) is 31.7 Å². The summed E-state index contributed by atoms with van der Waals surface area (Å²) in [6.45, 7) is 4.72. The molecule has 2 aromatic rings. The minimum Gasteiger partial charge on any atom is -0.506 e. The van der Waals surface area contributed by atoms with E-state index in [1.807, 2.05) is 19.1 Å². The van der Waals surface area contributed by atoms with Crippen molar-refractivity contribution in [1.29, 1.82) is 0 Å². The number of benzene rings is 2. The van der Waals surface area contributed by atoms with Crippen molar-refractivity contribution in [3.05, 3.63) is 47.0 Å². The van der Waals surface area contributed by atoms with Crippen molar-refractivity contribution in [3.8, 4) is 17.2 Å². The quantitative estimate of drug-likeness (QED) is 0.847. The maximum atomic E-state index is 12.9. The van der Waals surface area contributed by atoms with Crippen LogP contribution in [-0.2, 0) is 0 Å². The molecule has 1 saturated heterocycles. The van der Waals surface area contributed by atoms with Crippen molar-refractivity contribution in [2.24, 2.45) is 0 Å². The van der Waals surface area contributed by atoms with E-state index in [1.165, 1.54) is 7.11 Å². The molecule has 1 aliphatic heterocycles. The van der Waals surface area contributed by atoms with E-state index in [4.69, 9.17) is 21.1 Å². The first-order chi connectivity index (χ1) is 13.0. The van der Waals surface area contributed by atoms with Crippen molar-refractivity contribution in [3.63, 3.8) is 0 Å². The number of phenolic OH excluding ortho intramolecular Hbond substituents is 1. The van der Waals surface area contributed by atoms with Crippen LogP contribution in [0.5, 0.6) is 17.2 Å². The summed E-state index contributed by atoms with van der Waals surface area (Å²) in [5, 5.41) is 10.4. The van der Waals surface area contributed by atoms with Crippen molar-refractivity contribution < 1.29 is 19.4 Å². The van der Waals surface area contributed by atoms with Crippen LogP contribution in [0.15, 0.2) is 36.4 Å². The summed E-state index contributed by atoms with van der Waals surface area (Å²) >= 11 is 6.28. The summed E-state index contributed by atoms with van der Waals surface area (Å²) in [5.74, 6) is 1.04. The minimum absolute atomic E-state index is 0.102. The average Bonchev–Trinajstić information content (AvgIpc) is 2.69. The highest BCUT2D eigenvalue weighted by molar-refractivity contribution is 6.32. The topological polar surface area (TPSA) is 62.2 Å². The van der Waals surface area contributed by atoms with Crippen LogP contribution < -0.4 is 14.4 Å². The van der Waals surface area contributed by atoms with Gasteiger partial charge in [0.1, 0.15) is 5.75 Å². The number of para-hydroxylation sites is 2. The number of nitrogens with zero attached hydrogens (tertiary/aromatic N) is 2. The van der Waals surface area contributed by atoms with E-state index in [2.05, 4.69) is 4.90 Å². The summed E-state index contributed by atoms with van der Waals surface area (Å²) in [6, 6.07) is 10.5. The molecule has 0 unspecified atom stereocenters. The van der Waals surface area contributed by atoms with Crippen LogP contribution in [0.2, 0.25) is 5.02 Å². The van der Waals surface area contributed by atoms with Gasteiger partial charge in [-0.25, -0.2) is 0 Å². The zero-order valence-electron chi connectivity index (χ0n) is 15.4. The number of piperazine rings is 1. The van der Waals surface area contributed by atoms with Gasteiger partial charge in [0.2, 0.25) is 0 Å². The number of anilines is 1. The number of carbonyl (C=O) groups is 1. The fourth-order valence-corrected chi connectivity index (χ4v) is 3.46. The first-order valence-corrected chi connectivity index (χ1v) is 9.25. The summed E-state index contributed by atoms with van der Waals surface area (Å²) in [4.78, 5) is 16.8. The molecule has 0 aliphatic carbocycles. The molecule has 2 aromatic carbocycles. The third-order valence-corrected chi connectivity index (χ3v) is 4.84. The first-order valence-electron chi connectivity index (χ1n) is 8.87. The molecule has 1 amide bonds. The molecule has 0 saturated carbocycles. The predicted octanol–water partition coefficient (Wildman–Crippen LogP) is 3.42. The lowest BCUT2D eigenvalue weighted by molar-refractivity contribution is 0.0746. The van der Waals surface area contributed by atoms with Crippen molar-refractivity contribution >= 4 is 23.2 Å². The van der Waals surface area contributed by atoms with Crippen LogP contribution in [-0.4, -0.2) is 55.8 Å². The van der Waals surface area contributed by atoms with Gasteiger partial charge in [0.05, 0.1) is 24.4 Å². The number of ether oxygens (including phenoxy) is 2. The van der Waals surface area contributed by atoms with Gasteiger partial charge in [-0.1, -0.05) is 23.7 Å². The minimum atomic E-state index is -0.102. The zero-order valence-corrected chi connectivity index (χ0v) is 16.2. The Morgan fingerprint density at radius 1 is 1.19 bits per heavy atom. The highest BCUT2D eigenvalue weighted by Crippen LogP contribution is 2.37. The molecule has 0 aromatic heterocycles. The number of carbonyl (C=O) groups excluding carboxylic acids is 1. The zero-order chi connectivity index (χ0) is 19.4. The van der Waals surface area contributed by atoms with Crippen LogP contribution in [0.25, 0.3) is 0 Å². The van der Waals surface area contributed by atoms with Gasteiger partial charge in [0.15, 0.2) is 11.5 Å². The van der Waals surface area contributed by atoms with Crippen LogP contribution in [0.1, 0.15) is 17.3 Å². The second kappa shape index (κ2) is 8.39. The monoisotopic (exact) mass is 390 g/mol. The van der Waals surface area contributed by atoms with E-state index in [-0.39, 0.29) is 11.7 Å². The second-order valence-electron chi connectivity index (χ2n) is 6.19. The highest BCUT2D eigenvalue weighted by Gasteiger charge is 2.25. The van der Waals surface area contributed by atoms with Crippen LogP contribution >= 0.6 is 11.6 Å². The molecule has 27 heavy (non-hydrogen) atoms. The Labute approximate surface area is 163 Å². The van der Waals surface area contributed by atoms with Crippen LogP contribution in [0.4, 0.5) is 5.69 Å². The summed E-state index contributed by atoms with van der Waals surface area (Å²) in [5.41, 5.74) is 1.26. The van der Waals surface area contributed by atoms with Crippen LogP contribution in [0.3, 0.4) is 0 Å². The molecular formula is C20H23ClN2O4. The Hall–Kier alpha value is -2.60. The molecule has 3 rings (SSSR count). The number of hydrogen-bond donors (Lipinski definition) is 1. The third-order valence-electron chi connectivity index (χ3n) is 4.55. The predicted molar refractivity (Wildman–Crippen MR) is 105 cm³/mol. The molecule has 1 aliphatic rings. The molecule has 7 heteroatoms. The smallest absolute Gasteiger partial charge is 0.254 e. The van der Waals surface area contributed by atoms with E-state index in [0.717, 1.165) is 5.69 Å². The van der Waals surface area contributed by atoms with E-state index in [1.54, 1.807) is 29.2 Å². The molecule has 1 fully saturated rings. The number of phenols is 1. The van der Waals surface area contributed by atoms with Crippen LogP contribution in [0, 0.1) is 0 Å². The first kappa shape index (κ1) is 19.2. The maximum Gasteiger partial charge on any atom is 0.254 e. The van der Waals surface area contributed by atoms with E-state index in [0.29, 0.717) is 54.9 Å². The molecule has 144 valence electrons. The third kappa shape index (κ3) is 4.06. The highest BCUT2D eigenvalue weighted by atomic mass is 35.5. The summed E-state index contributed by atoms with van der Waals surface area (Å²) in [7, 11) is 1.52. The number of halogens is 1. The summed E-state index contributed by atoms with van der Waals surface area (Å²) in [6.07, 6.45) is 0. The molecule has 1 heterocycles. The Morgan fingerprint density at radius 2 is 1.89 bits per heavy atom. The van der Waals surface area contributed by atoms with Crippen molar-refractivity contribution in [2.75, 3.05) is 44.8 Å². The number of methoxy groups -OCH3 is 1. The largest absolute Gasteiger partial charge is 0.506 e. The Bertz CT molecular complexity index is 820. The second-order valence-corrected chi connectivity index (χ2v) is 6.60. The maximum absolute atomic E-state index is 12.9. The van der Waals surface area contributed by atoms with Gasteiger partial charge in [-0.3, -0.25) is 4.79 Å². The standard InChI is InChI=1S/C20H23ClN2O4/c1-3-27-19-15(21)12-14(13-18(19)26-2)20(25)23-10-8-22(9-11-23)16-6-4-5-7-17(16)24/h4-7,12-13,24H,3,8-11H2,1-2H3. The molecule has 0 radical (unpaired) electrons. The summed E-state index contributed by atoms with van der Waals surface area (Å²) < 4.78 is 10.8. The number of aromatic hydroxyl groups is 1. The van der Waals surface area contributed by atoms with Gasteiger partial charge in [0.25, 0.3) is 5.91 Å². The Kier molecular flexibility index (Phi) is 5.96. The lowest BCUT2D eigenvalue weighted by atomic mass is 10.1. The van der Waals surface area contributed by atoms with Crippen molar-refractivity contribution in [1.82, 2.24) is 4.90 Å². The van der Waals surface area contributed by atoms with Gasteiger partial charge >= 0.3 is 0 Å². The molecule has 6 nitrogen and oxygen atoms in total. The van der Waals surface area contributed by atoms with Gasteiger partial charge < -0.3 is 24.4 Å². The normalized spacial score (nSPS) is 14.2. The Balaban J connectivity index is 1.72. The number of amides is 1. The number of hydrogen-bond acceptors (Lipinski definition) is 5. The Morgan fingerprint density at radius 3 is 2.52 bits per heavy atom. The molecular weight excluding hydrogens is 368 g/mol. The fraction of sp³-hybridized carbons (Fsp3) is 0.350. The number of rotatable bonds is 5. The van der Waals surface area contributed by atoms with Gasteiger partial charge in [-0.15, -0.1) is 0 Å². The lowest BCUT2D eigenvalue weighted by Gasteiger charge is -2.36. The van der Waals surface area contributed by atoms with Gasteiger partial charge in [-0.2, -0.15) is 0 Å². The van der Waals surface area contributed by atoms with Gasteiger partial charge in [-0.05, 0) is 31.2 Å². The van der Waals surface area contributed by atoms with E-state index in [9.17, 15) is 9.90 Å². The van der Waals surface area contributed by atoms with E-state index >= 15 is 0 Å². The molecule has 0 atom stereocenters. The average molecular weight is 391 g/mol. The SMILES string of the molecule is CCOc1c(Cl)cc(C(=O)N2CCN(c3ccccc3O)CC2)cc1OC. The molecule has 0 bridgehead atoms. The molecule has 0 spiro atoms. The lowest BCUT2D eigenvalue weighted by Crippen LogP contribution is -2.48. The van der Waals surface area contributed by atoms with E-state index < -0.39 is 0 Å².